The number of hydrogen-bond acceptors (Lipinski definition) is 6. The number of benzene rings is 1. The Balaban J connectivity index is 1.39. The van der Waals surface area contributed by atoms with Gasteiger partial charge in [0.25, 0.3) is 0 Å². The lowest BCUT2D eigenvalue weighted by Gasteiger charge is -2.15. The summed E-state index contributed by atoms with van der Waals surface area (Å²) in [6, 6.07) is 10.6. The molecule has 2 N–H and O–H groups in total. The number of amides is 1. The second-order valence-electron chi connectivity index (χ2n) is 7.68. The van der Waals surface area contributed by atoms with Gasteiger partial charge in [0, 0.05) is 35.7 Å². The molecule has 1 amide bonds. The van der Waals surface area contributed by atoms with Crippen LogP contribution in [0.25, 0.3) is 11.1 Å². The zero-order valence-electron chi connectivity index (χ0n) is 15.5. The summed E-state index contributed by atoms with van der Waals surface area (Å²) in [5.41, 5.74) is 7.09. The Morgan fingerprint density at radius 3 is 2.69 bits per heavy atom. The van der Waals surface area contributed by atoms with Crippen LogP contribution in [-0.2, 0) is 14.9 Å². The molecule has 0 bridgehead atoms. The molecule has 8 heteroatoms. The molecule has 2 unspecified atom stereocenters. The number of anilines is 1. The van der Waals surface area contributed by atoms with Crippen molar-refractivity contribution in [3.8, 4) is 17.2 Å². The maximum Gasteiger partial charge on any atom is 0.414 e. The summed E-state index contributed by atoms with van der Waals surface area (Å²) >= 11 is 0. The van der Waals surface area contributed by atoms with Crippen LogP contribution >= 0.6 is 0 Å². The first kappa shape index (κ1) is 18.0. The van der Waals surface area contributed by atoms with Gasteiger partial charge in [-0.2, -0.15) is 5.26 Å². The highest BCUT2D eigenvalue weighted by Gasteiger charge is 2.70. The first-order chi connectivity index (χ1) is 14.1. The first-order valence-electron chi connectivity index (χ1n) is 9.52. The highest BCUT2D eigenvalue weighted by atomic mass is 19.1. The van der Waals surface area contributed by atoms with Gasteiger partial charge in [0.1, 0.15) is 17.3 Å². The molecule has 1 aromatic heterocycles. The zero-order valence-corrected chi connectivity index (χ0v) is 15.5. The lowest BCUT2D eigenvalue weighted by Crippen LogP contribution is -2.27. The second-order valence-corrected chi connectivity index (χ2v) is 7.68. The monoisotopic (exact) mass is 394 g/mol. The second kappa shape index (κ2) is 6.51. The summed E-state index contributed by atoms with van der Waals surface area (Å²) in [5.74, 6) is -0.0772. The molecule has 5 rings (SSSR count). The fourth-order valence-electron chi connectivity index (χ4n) is 4.52. The summed E-state index contributed by atoms with van der Waals surface area (Å²) < 4.78 is 25.3. The first-order valence-corrected chi connectivity index (χ1v) is 9.52. The molecular weight excluding hydrogens is 375 g/mol. The third-order valence-electron chi connectivity index (χ3n) is 6.23. The molecule has 2 aromatic rings. The number of nitrogens with two attached hydrogens (primary N) is 1. The SMILES string of the molecule is N#CC1(c2ccc(-c3ccc(N4C[C@H](CN)OC4=O)cc3F)cn2)C2COCC21. The number of pyridine rings is 1. The van der Waals surface area contributed by atoms with Crippen LogP contribution in [0.2, 0.25) is 0 Å². The van der Waals surface area contributed by atoms with E-state index in [0.29, 0.717) is 42.3 Å². The zero-order chi connectivity index (χ0) is 20.2. The molecule has 1 saturated carbocycles. The molecule has 1 aliphatic carbocycles. The summed E-state index contributed by atoms with van der Waals surface area (Å²) in [5, 5.41) is 9.68. The topological polar surface area (TPSA) is 101 Å². The minimum atomic E-state index is -0.575. The van der Waals surface area contributed by atoms with E-state index in [-0.39, 0.29) is 24.5 Å². The third kappa shape index (κ3) is 2.62. The fourth-order valence-corrected chi connectivity index (χ4v) is 4.52. The van der Waals surface area contributed by atoms with E-state index in [1.807, 2.05) is 0 Å². The molecule has 3 heterocycles. The van der Waals surface area contributed by atoms with Crippen molar-refractivity contribution in [1.29, 1.82) is 5.26 Å². The Labute approximate surface area is 166 Å². The Kier molecular flexibility index (Phi) is 4.05. The van der Waals surface area contributed by atoms with Crippen molar-refractivity contribution < 1.29 is 18.7 Å². The fraction of sp³-hybridized carbons (Fsp3) is 0.381. The van der Waals surface area contributed by atoms with Gasteiger partial charge < -0.3 is 15.2 Å². The van der Waals surface area contributed by atoms with Gasteiger partial charge in [-0.1, -0.05) is 6.07 Å². The largest absolute Gasteiger partial charge is 0.443 e. The van der Waals surface area contributed by atoms with Crippen molar-refractivity contribution in [3.05, 3.63) is 48.0 Å². The number of carbonyl (C=O) groups is 1. The number of rotatable bonds is 4. The smallest absolute Gasteiger partial charge is 0.414 e. The average molecular weight is 394 g/mol. The summed E-state index contributed by atoms with van der Waals surface area (Å²) in [4.78, 5) is 17.8. The number of aromatic nitrogens is 1. The molecule has 1 aromatic carbocycles. The lowest BCUT2D eigenvalue weighted by atomic mass is 9.96. The molecule has 0 spiro atoms. The molecule has 29 heavy (non-hydrogen) atoms. The van der Waals surface area contributed by atoms with Crippen LogP contribution in [0.15, 0.2) is 36.5 Å². The van der Waals surface area contributed by atoms with Crippen molar-refractivity contribution in [2.45, 2.75) is 11.5 Å². The highest BCUT2D eigenvalue weighted by molar-refractivity contribution is 5.90. The predicted molar refractivity (Wildman–Crippen MR) is 101 cm³/mol. The van der Waals surface area contributed by atoms with Crippen molar-refractivity contribution in [3.63, 3.8) is 0 Å². The van der Waals surface area contributed by atoms with E-state index in [0.717, 1.165) is 0 Å². The molecular formula is C21H19FN4O3. The van der Waals surface area contributed by atoms with Crippen LogP contribution in [-0.4, -0.2) is 43.5 Å². The number of ether oxygens (including phenoxy) is 2. The van der Waals surface area contributed by atoms with E-state index >= 15 is 0 Å². The quantitative estimate of drug-likeness (QED) is 0.853. The van der Waals surface area contributed by atoms with Crippen LogP contribution in [0.3, 0.4) is 0 Å². The molecule has 2 saturated heterocycles. The van der Waals surface area contributed by atoms with Crippen molar-refractivity contribution >= 4 is 11.8 Å². The number of halogens is 1. The van der Waals surface area contributed by atoms with Gasteiger partial charge in [-0.25, -0.2) is 9.18 Å². The van der Waals surface area contributed by atoms with Gasteiger partial charge in [-0.15, -0.1) is 0 Å². The number of nitrogens with zero attached hydrogens (tertiary/aromatic N) is 3. The molecule has 148 valence electrons. The van der Waals surface area contributed by atoms with Crippen LogP contribution in [0.4, 0.5) is 14.9 Å². The Bertz CT molecular complexity index is 1010. The van der Waals surface area contributed by atoms with Crippen molar-refractivity contribution in [1.82, 2.24) is 4.98 Å². The van der Waals surface area contributed by atoms with E-state index in [1.54, 1.807) is 30.5 Å². The Hall–Kier alpha value is -3.02. The van der Waals surface area contributed by atoms with Crippen molar-refractivity contribution in [2.24, 2.45) is 17.6 Å². The number of hydrogen-bond donors (Lipinski definition) is 1. The Morgan fingerprint density at radius 2 is 2.10 bits per heavy atom. The summed E-state index contributed by atoms with van der Waals surface area (Å²) in [7, 11) is 0. The Morgan fingerprint density at radius 1 is 1.31 bits per heavy atom. The predicted octanol–water partition coefficient (Wildman–Crippen LogP) is 2.21. The normalized spacial score (nSPS) is 30.0. The number of cyclic esters (lactones) is 1. The van der Waals surface area contributed by atoms with Crippen molar-refractivity contribution in [2.75, 3.05) is 31.2 Å². The standard InChI is InChI=1S/C21H19FN4O3/c22-18-5-13(26-8-14(6-23)29-20(26)27)2-3-15(18)12-1-4-19(25-7-12)21(11-24)16-9-28-10-17(16)21/h1-5,7,14,16-17H,6,8-10,23H2/t14-,16?,17?,21?/m0/s1. The van der Waals surface area contributed by atoms with E-state index in [9.17, 15) is 14.4 Å². The third-order valence-corrected chi connectivity index (χ3v) is 6.23. The maximum atomic E-state index is 14.8. The lowest BCUT2D eigenvalue weighted by molar-refractivity contribution is 0.145. The van der Waals surface area contributed by atoms with Gasteiger partial charge in [-0.3, -0.25) is 9.88 Å². The minimum Gasteiger partial charge on any atom is -0.443 e. The molecule has 2 aliphatic heterocycles. The highest BCUT2D eigenvalue weighted by Crippen LogP contribution is 2.62. The molecule has 7 nitrogen and oxygen atoms in total. The summed E-state index contributed by atoms with van der Waals surface area (Å²) in [6.45, 7) is 1.69. The molecule has 3 aliphatic rings. The van der Waals surface area contributed by atoms with E-state index in [1.165, 1.54) is 11.0 Å². The molecule has 3 atom stereocenters. The summed E-state index contributed by atoms with van der Waals surface area (Å²) in [6.07, 6.45) is 0.678. The minimum absolute atomic E-state index is 0.194. The van der Waals surface area contributed by atoms with Crippen LogP contribution in [0.5, 0.6) is 0 Å². The van der Waals surface area contributed by atoms with E-state index in [4.69, 9.17) is 15.2 Å². The van der Waals surface area contributed by atoms with Gasteiger partial charge in [0.05, 0.1) is 37.2 Å². The number of carbonyl (C=O) groups excluding carboxylic acids is 1. The van der Waals surface area contributed by atoms with Crippen LogP contribution in [0.1, 0.15) is 5.69 Å². The van der Waals surface area contributed by atoms with Gasteiger partial charge in [0.15, 0.2) is 0 Å². The van der Waals surface area contributed by atoms with Crippen LogP contribution in [0, 0.1) is 29.0 Å². The molecule has 3 fully saturated rings. The average Bonchev–Trinajstić information content (AvgIpc) is 3.06. The molecule has 0 radical (unpaired) electrons. The number of fused-ring (bicyclic) bond motifs is 1. The van der Waals surface area contributed by atoms with Crippen LogP contribution < -0.4 is 10.6 Å². The number of nitriles is 1. The van der Waals surface area contributed by atoms with Gasteiger partial charge in [-0.05, 0) is 24.3 Å². The maximum absolute atomic E-state index is 14.8. The van der Waals surface area contributed by atoms with Gasteiger partial charge in [0.2, 0.25) is 0 Å². The van der Waals surface area contributed by atoms with E-state index < -0.39 is 17.3 Å². The van der Waals surface area contributed by atoms with Gasteiger partial charge >= 0.3 is 6.09 Å². The van der Waals surface area contributed by atoms with E-state index in [2.05, 4.69) is 11.1 Å².